The van der Waals surface area contributed by atoms with Gasteiger partial charge in [-0.2, -0.15) is 0 Å². The number of nitrogens with zero attached hydrogens (tertiary/aromatic N) is 2. The summed E-state index contributed by atoms with van der Waals surface area (Å²) in [6.07, 6.45) is 11.8. The summed E-state index contributed by atoms with van der Waals surface area (Å²) in [7, 11) is 0. The molecule has 10 nitrogen and oxygen atoms in total. The molecule has 6 rings (SSSR count). The SMILES string of the molecule is NC(=O)C(O)C(CC1CCC1)NC(=O)[C@@H]1C[C@@H](N2CCCCC2)CN1C(=O)C(CC1CCCCC1)NC(=O)c1ccc2ccccc2c1. The Balaban J connectivity index is 1.25. The maximum Gasteiger partial charge on any atom is 0.251 e. The zero-order valence-electron chi connectivity index (χ0n) is 28.2. The van der Waals surface area contributed by atoms with Crippen molar-refractivity contribution in [2.24, 2.45) is 17.6 Å². The van der Waals surface area contributed by atoms with E-state index in [-0.39, 0.29) is 23.8 Å². The molecule has 2 aromatic rings. The number of nitrogens with two attached hydrogens (primary N) is 1. The number of aliphatic hydroxyl groups excluding tert-OH is 1. The first kappa shape index (κ1) is 34.4. The minimum Gasteiger partial charge on any atom is -0.381 e. The minimum atomic E-state index is -1.50. The van der Waals surface area contributed by atoms with Gasteiger partial charge in [-0.25, -0.2) is 0 Å². The van der Waals surface area contributed by atoms with Crippen molar-refractivity contribution in [1.29, 1.82) is 0 Å². The molecule has 5 N–H and O–H groups in total. The molecule has 4 aliphatic rings. The number of hydrogen-bond acceptors (Lipinski definition) is 6. The molecule has 0 aromatic heterocycles. The third kappa shape index (κ3) is 8.20. The van der Waals surface area contributed by atoms with Gasteiger partial charge < -0.3 is 26.4 Å². The molecule has 2 heterocycles. The number of carbonyl (C=O) groups is 4. The Morgan fingerprint density at radius 3 is 2.17 bits per heavy atom. The Bertz CT molecular complexity index is 1450. The summed E-state index contributed by atoms with van der Waals surface area (Å²) >= 11 is 0. The fourth-order valence-electron chi connectivity index (χ4n) is 8.44. The molecular formula is C38H53N5O5. The van der Waals surface area contributed by atoms with Gasteiger partial charge in [0.2, 0.25) is 17.7 Å². The van der Waals surface area contributed by atoms with E-state index in [1.54, 1.807) is 11.0 Å². The van der Waals surface area contributed by atoms with Crippen molar-refractivity contribution in [3.63, 3.8) is 0 Å². The van der Waals surface area contributed by atoms with Crippen molar-refractivity contribution in [3.05, 3.63) is 48.0 Å². The summed E-state index contributed by atoms with van der Waals surface area (Å²) in [6.45, 7) is 2.25. The Kier molecular flexibility index (Phi) is 11.3. The van der Waals surface area contributed by atoms with Crippen LogP contribution in [0.1, 0.15) is 100 Å². The maximum atomic E-state index is 14.7. The van der Waals surface area contributed by atoms with Gasteiger partial charge in [0.05, 0.1) is 6.04 Å². The van der Waals surface area contributed by atoms with E-state index in [9.17, 15) is 24.3 Å². The molecule has 4 fully saturated rings. The standard InChI is InChI=1S/C38H53N5O5/c39-35(45)34(44)31(20-26-12-9-13-26)40-37(47)33-23-30(42-18-7-2-8-19-42)24-43(33)38(48)32(21-25-10-3-1-4-11-25)41-36(46)29-17-16-27-14-5-6-15-28(27)22-29/h5-6,14-17,22,25-26,30-34,44H,1-4,7-13,18-21,23-24H2,(H2,39,45)(H,40,47)(H,41,46)/t30-,31?,32?,33+,34?/m1/s1. The number of primary amides is 1. The number of aliphatic hydroxyl groups is 1. The van der Waals surface area contributed by atoms with E-state index >= 15 is 0 Å². The van der Waals surface area contributed by atoms with Crippen LogP contribution in [0.5, 0.6) is 0 Å². The molecule has 5 atom stereocenters. The van der Waals surface area contributed by atoms with Crippen molar-refractivity contribution >= 4 is 34.4 Å². The van der Waals surface area contributed by atoms with E-state index in [0.29, 0.717) is 43.2 Å². The van der Waals surface area contributed by atoms with Gasteiger partial charge in [-0.15, -0.1) is 0 Å². The molecule has 3 unspecified atom stereocenters. The van der Waals surface area contributed by atoms with Crippen molar-refractivity contribution < 1.29 is 24.3 Å². The molecule has 2 saturated heterocycles. The van der Waals surface area contributed by atoms with E-state index in [1.165, 1.54) is 12.8 Å². The number of carbonyl (C=O) groups excluding carboxylic acids is 4. The summed E-state index contributed by atoms with van der Waals surface area (Å²) in [5, 5.41) is 18.8. The molecule has 0 spiro atoms. The number of amides is 4. The lowest BCUT2D eigenvalue weighted by Gasteiger charge is -2.34. The number of likely N-dealkylation sites (tertiary alicyclic amines) is 2. The molecule has 2 saturated carbocycles. The molecule has 10 heteroatoms. The lowest BCUT2D eigenvalue weighted by molar-refractivity contribution is -0.141. The Morgan fingerprint density at radius 2 is 1.48 bits per heavy atom. The third-order valence-corrected chi connectivity index (χ3v) is 11.5. The lowest BCUT2D eigenvalue weighted by Crippen LogP contribution is -2.57. The van der Waals surface area contributed by atoms with E-state index < -0.39 is 30.1 Å². The van der Waals surface area contributed by atoms with Crippen LogP contribution in [0.25, 0.3) is 10.8 Å². The fraction of sp³-hybridized carbons (Fsp3) is 0.632. The Morgan fingerprint density at radius 1 is 0.812 bits per heavy atom. The molecule has 2 aromatic carbocycles. The zero-order valence-corrected chi connectivity index (χ0v) is 28.2. The van der Waals surface area contributed by atoms with Gasteiger partial charge in [-0.1, -0.05) is 88.1 Å². The first-order valence-electron chi connectivity index (χ1n) is 18.4. The Labute approximate surface area is 284 Å². The second-order valence-electron chi connectivity index (χ2n) is 14.8. The van der Waals surface area contributed by atoms with Crippen molar-refractivity contribution in [3.8, 4) is 0 Å². The molecule has 0 bridgehead atoms. The van der Waals surface area contributed by atoms with Crippen LogP contribution < -0.4 is 16.4 Å². The zero-order chi connectivity index (χ0) is 33.6. The van der Waals surface area contributed by atoms with Gasteiger partial charge in [0.15, 0.2) is 6.10 Å². The fourth-order valence-corrected chi connectivity index (χ4v) is 8.44. The van der Waals surface area contributed by atoms with Crippen LogP contribution in [0.2, 0.25) is 0 Å². The maximum absolute atomic E-state index is 14.7. The van der Waals surface area contributed by atoms with Gasteiger partial charge in [-0.05, 0) is 79.9 Å². The highest BCUT2D eigenvalue weighted by molar-refractivity contribution is 6.01. The highest BCUT2D eigenvalue weighted by Gasteiger charge is 2.45. The first-order chi connectivity index (χ1) is 23.3. The highest BCUT2D eigenvalue weighted by atomic mass is 16.3. The van der Waals surface area contributed by atoms with Crippen LogP contribution in [0.3, 0.4) is 0 Å². The van der Waals surface area contributed by atoms with Crippen molar-refractivity contribution in [2.75, 3.05) is 19.6 Å². The van der Waals surface area contributed by atoms with E-state index in [0.717, 1.165) is 81.6 Å². The topological polar surface area (TPSA) is 145 Å². The van der Waals surface area contributed by atoms with E-state index in [1.807, 2.05) is 36.4 Å². The molecule has 0 radical (unpaired) electrons. The average molecular weight is 660 g/mol. The molecule has 4 amide bonds. The summed E-state index contributed by atoms with van der Waals surface area (Å²) in [6, 6.07) is 11.1. The predicted octanol–water partition coefficient (Wildman–Crippen LogP) is 3.89. The molecule has 260 valence electrons. The van der Waals surface area contributed by atoms with E-state index in [2.05, 4.69) is 15.5 Å². The minimum absolute atomic E-state index is 0.0164. The average Bonchev–Trinajstić information content (AvgIpc) is 3.54. The smallest absolute Gasteiger partial charge is 0.251 e. The summed E-state index contributed by atoms with van der Waals surface area (Å²) in [4.78, 5) is 58.7. The predicted molar refractivity (Wildman–Crippen MR) is 185 cm³/mol. The van der Waals surface area contributed by atoms with Crippen molar-refractivity contribution in [1.82, 2.24) is 20.4 Å². The van der Waals surface area contributed by atoms with Gasteiger partial charge >= 0.3 is 0 Å². The van der Waals surface area contributed by atoms with Crippen LogP contribution in [-0.2, 0) is 14.4 Å². The second-order valence-corrected chi connectivity index (χ2v) is 14.8. The summed E-state index contributed by atoms with van der Waals surface area (Å²) in [5.74, 6) is -1.14. The summed E-state index contributed by atoms with van der Waals surface area (Å²) < 4.78 is 0. The number of fused-ring (bicyclic) bond motifs is 1. The van der Waals surface area contributed by atoms with Crippen LogP contribution in [0.15, 0.2) is 42.5 Å². The third-order valence-electron chi connectivity index (χ3n) is 11.5. The largest absolute Gasteiger partial charge is 0.381 e. The van der Waals surface area contributed by atoms with Crippen molar-refractivity contribution in [2.45, 2.75) is 120 Å². The molecule has 2 aliphatic heterocycles. The first-order valence-corrected chi connectivity index (χ1v) is 18.4. The number of piperidine rings is 1. The van der Waals surface area contributed by atoms with Gasteiger partial charge in [0, 0.05) is 18.2 Å². The van der Waals surface area contributed by atoms with E-state index in [4.69, 9.17) is 5.73 Å². The monoisotopic (exact) mass is 659 g/mol. The van der Waals surface area contributed by atoms with Crippen LogP contribution in [-0.4, -0.2) is 88.4 Å². The summed E-state index contributed by atoms with van der Waals surface area (Å²) in [5.41, 5.74) is 5.99. The number of nitrogens with one attached hydrogen (secondary N) is 2. The number of benzene rings is 2. The highest BCUT2D eigenvalue weighted by Crippen LogP contribution is 2.33. The number of rotatable bonds is 12. The van der Waals surface area contributed by atoms with Gasteiger partial charge in [0.1, 0.15) is 12.1 Å². The molecule has 48 heavy (non-hydrogen) atoms. The normalized spacial score (nSPS) is 24.4. The lowest BCUT2D eigenvalue weighted by atomic mass is 9.79. The Hall–Kier alpha value is -3.50. The molecule has 2 aliphatic carbocycles. The number of hydrogen-bond donors (Lipinski definition) is 4. The van der Waals surface area contributed by atoms with Gasteiger partial charge in [-0.3, -0.25) is 24.1 Å². The van der Waals surface area contributed by atoms with Crippen LogP contribution in [0, 0.1) is 11.8 Å². The van der Waals surface area contributed by atoms with Crippen LogP contribution in [0.4, 0.5) is 0 Å². The van der Waals surface area contributed by atoms with Crippen LogP contribution >= 0.6 is 0 Å². The van der Waals surface area contributed by atoms with Gasteiger partial charge in [0.25, 0.3) is 5.91 Å². The second kappa shape index (κ2) is 15.8. The quantitative estimate of drug-likeness (QED) is 0.272. The molecular weight excluding hydrogens is 606 g/mol.